The van der Waals surface area contributed by atoms with Gasteiger partial charge in [-0.1, -0.05) is 182 Å². The number of carbonyl (C=O) groups excluding carboxylic acids is 1. The first-order valence-electron chi connectivity index (χ1n) is 25.0. The fourth-order valence-corrected chi connectivity index (χ4v) is 8.71. The van der Waals surface area contributed by atoms with Gasteiger partial charge in [0.2, 0.25) is 0 Å². The van der Waals surface area contributed by atoms with Gasteiger partial charge in [-0.15, -0.1) is 0 Å². The number of carboxylic acid groups (broad SMARTS) is 2. The first-order chi connectivity index (χ1) is 27.8. The fourth-order valence-electron chi connectivity index (χ4n) is 8.71. The zero-order valence-corrected chi connectivity index (χ0v) is 39.6. The van der Waals surface area contributed by atoms with Crippen molar-refractivity contribution < 1.29 is 29.3 Å². The molecule has 0 heterocycles. The highest BCUT2D eigenvalue weighted by Gasteiger charge is 2.37. The molecule has 0 saturated heterocycles. The molecule has 0 fully saturated rings. The van der Waals surface area contributed by atoms with E-state index in [0.29, 0.717) is 6.54 Å². The topological polar surface area (TPSA) is 116 Å². The maximum atomic E-state index is 12.5. The number of aliphatic carboxylic acids is 2. The second-order valence-corrected chi connectivity index (χ2v) is 19.1. The van der Waals surface area contributed by atoms with Crippen LogP contribution in [0.1, 0.15) is 260 Å². The maximum absolute atomic E-state index is 12.5. The van der Waals surface area contributed by atoms with Crippen molar-refractivity contribution in [3.05, 3.63) is 0 Å². The van der Waals surface area contributed by atoms with Crippen molar-refractivity contribution in [2.45, 2.75) is 266 Å². The summed E-state index contributed by atoms with van der Waals surface area (Å²) in [4.78, 5) is 39.7. The minimum absolute atomic E-state index is 0.345. The van der Waals surface area contributed by atoms with E-state index in [2.05, 4.69) is 37.9 Å². The van der Waals surface area contributed by atoms with Crippen LogP contribution in [0.5, 0.6) is 0 Å². The van der Waals surface area contributed by atoms with Crippen molar-refractivity contribution in [3.63, 3.8) is 0 Å². The van der Waals surface area contributed by atoms with Crippen molar-refractivity contribution in [3.8, 4) is 0 Å². The van der Waals surface area contributed by atoms with Gasteiger partial charge in [0, 0.05) is 6.54 Å². The molecule has 0 saturated carbocycles. The van der Waals surface area contributed by atoms with Gasteiger partial charge < -0.3 is 25.2 Å². The Hall–Kier alpha value is -1.83. The Balaban J connectivity index is 4.71. The number of carboxylic acids is 2. The van der Waals surface area contributed by atoms with E-state index in [4.69, 9.17) is 4.74 Å². The average Bonchev–Trinajstić information content (AvgIpc) is 3.17. The van der Waals surface area contributed by atoms with Crippen LogP contribution in [0, 0.1) is 10.8 Å². The van der Waals surface area contributed by atoms with E-state index >= 15 is 0 Å². The Morgan fingerprint density at radius 3 is 1.05 bits per heavy atom. The van der Waals surface area contributed by atoms with Crippen molar-refractivity contribution in [2.24, 2.45) is 10.8 Å². The zero-order valence-electron chi connectivity index (χ0n) is 39.6. The molecule has 3 N–H and O–H groups in total. The molecule has 8 nitrogen and oxygen atoms in total. The normalized spacial score (nSPS) is 14.0. The lowest BCUT2D eigenvalue weighted by Gasteiger charge is -2.30. The molecule has 0 aliphatic heterocycles. The third-order valence-electron chi connectivity index (χ3n) is 12.5. The minimum atomic E-state index is -0.565. The molecule has 0 bridgehead atoms. The highest BCUT2D eigenvalue weighted by Crippen LogP contribution is 2.39. The number of rotatable bonds is 42. The van der Waals surface area contributed by atoms with E-state index in [0.717, 1.165) is 142 Å². The largest absolute Gasteiger partial charge is 0.481 e. The van der Waals surface area contributed by atoms with E-state index in [9.17, 15) is 24.6 Å². The van der Waals surface area contributed by atoms with Crippen LogP contribution in [0.4, 0.5) is 4.79 Å². The summed E-state index contributed by atoms with van der Waals surface area (Å²) in [5.74, 6) is -1.13. The summed E-state index contributed by atoms with van der Waals surface area (Å²) in [6.07, 6.45) is 35.3. The molecule has 0 aromatic rings. The summed E-state index contributed by atoms with van der Waals surface area (Å²) >= 11 is 0. The molecule has 1 amide bonds. The fraction of sp³-hybridized carbons (Fsp3) is 0.940. The number of nitrogens with zero attached hydrogens (tertiary/aromatic N) is 1. The molecule has 0 aromatic carbocycles. The Bertz CT molecular complexity index is 939. The van der Waals surface area contributed by atoms with Crippen LogP contribution in [-0.2, 0) is 14.3 Å². The van der Waals surface area contributed by atoms with Crippen molar-refractivity contribution in [1.82, 2.24) is 10.2 Å². The highest BCUT2D eigenvalue weighted by atomic mass is 16.6. The van der Waals surface area contributed by atoms with Crippen LogP contribution in [0.3, 0.4) is 0 Å². The van der Waals surface area contributed by atoms with E-state index in [-0.39, 0.29) is 6.09 Å². The highest BCUT2D eigenvalue weighted by molar-refractivity contribution is 5.75. The van der Waals surface area contributed by atoms with Crippen molar-refractivity contribution >= 4 is 18.0 Å². The Kier molecular flexibility index (Phi) is 34.7. The van der Waals surface area contributed by atoms with Gasteiger partial charge in [-0.2, -0.15) is 0 Å². The van der Waals surface area contributed by atoms with Crippen LogP contribution in [0.15, 0.2) is 0 Å². The predicted molar refractivity (Wildman–Crippen MR) is 246 cm³/mol. The minimum Gasteiger partial charge on any atom is -0.481 e. The summed E-state index contributed by atoms with van der Waals surface area (Å²) in [5, 5.41) is 23.4. The molecular weight excluding hydrogens is 725 g/mol. The van der Waals surface area contributed by atoms with Crippen LogP contribution in [0.25, 0.3) is 0 Å². The van der Waals surface area contributed by atoms with Gasteiger partial charge in [-0.05, 0) is 98.2 Å². The third kappa shape index (κ3) is 29.4. The first-order valence-corrected chi connectivity index (χ1v) is 25.0. The number of hydrogen-bond donors (Lipinski definition) is 3. The smallest absolute Gasteiger partial charge is 0.407 e. The third-order valence-corrected chi connectivity index (χ3v) is 12.5. The Morgan fingerprint density at radius 1 is 0.431 bits per heavy atom. The summed E-state index contributed by atoms with van der Waals surface area (Å²) in [5.41, 5.74) is -1.53. The molecule has 344 valence electrons. The summed E-state index contributed by atoms with van der Waals surface area (Å²) in [7, 11) is 0. The van der Waals surface area contributed by atoms with Gasteiger partial charge in [-0.25, -0.2) is 4.79 Å². The van der Waals surface area contributed by atoms with Gasteiger partial charge in [0.15, 0.2) is 0 Å². The average molecular weight is 823 g/mol. The summed E-state index contributed by atoms with van der Waals surface area (Å²) < 4.78 is 5.41. The quantitative estimate of drug-likeness (QED) is 0.0525. The van der Waals surface area contributed by atoms with Gasteiger partial charge >= 0.3 is 18.0 Å². The molecule has 0 aliphatic rings. The Morgan fingerprint density at radius 2 is 0.724 bits per heavy atom. The first kappa shape index (κ1) is 56.2. The standard InChI is InChI=1S/C50H98N2O6/c1-8-12-16-28-37-49(45(53)54,35-14-10-3)39-30-24-20-18-22-26-32-42-52(44-34-41-51-47(57)58-48(5,6)7)43-33-27-23-19-21-25-31-40-50(46(55)56,36-15-11-4)38-29-17-13-9-2/h8-44H2,1-7H3,(H,51,57)(H,53,54)(H,55,56). The number of nitrogens with one attached hydrogen (secondary N) is 1. The van der Waals surface area contributed by atoms with E-state index in [1.165, 1.54) is 89.9 Å². The number of ether oxygens (including phenoxy) is 1. The van der Waals surface area contributed by atoms with Gasteiger partial charge in [0.05, 0.1) is 10.8 Å². The van der Waals surface area contributed by atoms with Crippen LogP contribution in [0.2, 0.25) is 0 Å². The van der Waals surface area contributed by atoms with E-state index in [1.54, 1.807) is 0 Å². The SMILES string of the molecule is CCCCCCC(CCCC)(CCCCCCCCCN(CCCCCCCCCC(CCCC)(CCCCCC)C(=O)O)CCCNC(=O)OC(C)(C)C)C(=O)O. The lowest BCUT2D eigenvalue weighted by molar-refractivity contribution is -0.151. The lowest BCUT2D eigenvalue weighted by atomic mass is 9.74. The number of unbranched alkanes of at least 4 members (excludes halogenated alkanes) is 20. The molecule has 2 unspecified atom stereocenters. The monoisotopic (exact) mass is 823 g/mol. The summed E-state index contributed by atoms with van der Waals surface area (Å²) in [6.45, 7) is 18.2. The number of hydrogen-bond acceptors (Lipinski definition) is 5. The number of amides is 1. The van der Waals surface area contributed by atoms with Crippen LogP contribution < -0.4 is 5.32 Å². The molecule has 0 aliphatic carbocycles. The molecule has 8 heteroatoms. The van der Waals surface area contributed by atoms with Gasteiger partial charge in [0.1, 0.15) is 5.60 Å². The second kappa shape index (κ2) is 35.9. The summed E-state index contributed by atoms with van der Waals surface area (Å²) in [6, 6.07) is 0. The van der Waals surface area contributed by atoms with Crippen LogP contribution in [-0.4, -0.2) is 64.9 Å². The van der Waals surface area contributed by atoms with Gasteiger partial charge in [-0.3, -0.25) is 9.59 Å². The van der Waals surface area contributed by atoms with Gasteiger partial charge in [0.25, 0.3) is 0 Å². The molecular formula is C50H98N2O6. The second-order valence-electron chi connectivity index (χ2n) is 19.1. The molecule has 0 spiro atoms. The Labute approximate surface area is 359 Å². The molecule has 0 radical (unpaired) electrons. The maximum Gasteiger partial charge on any atom is 0.407 e. The van der Waals surface area contributed by atoms with E-state index < -0.39 is 28.4 Å². The molecule has 58 heavy (non-hydrogen) atoms. The molecule has 0 aromatic heterocycles. The van der Waals surface area contributed by atoms with Crippen molar-refractivity contribution in [2.75, 3.05) is 26.2 Å². The number of carbonyl (C=O) groups is 3. The van der Waals surface area contributed by atoms with E-state index in [1.807, 2.05) is 20.8 Å². The van der Waals surface area contributed by atoms with Crippen molar-refractivity contribution in [1.29, 1.82) is 0 Å². The molecule has 2 atom stereocenters. The zero-order chi connectivity index (χ0) is 43.4. The molecule has 0 rings (SSSR count). The lowest BCUT2D eigenvalue weighted by Crippen LogP contribution is -2.35. The van der Waals surface area contributed by atoms with Crippen LogP contribution >= 0.6 is 0 Å². The predicted octanol–water partition coefficient (Wildman–Crippen LogP) is 14.9. The number of alkyl carbamates (subject to hydrolysis) is 1.